The molecule has 2 N–H and O–H groups in total. The Morgan fingerprint density at radius 3 is 2.43 bits per heavy atom. The largest absolute Gasteiger partial charge is 0.461 e. The minimum absolute atomic E-state index is 0.0633. The number of rotatable bonds is 4. The summed E-state index contributed by atoms with van der Waals surface area (Å²) in [6.45, 7) is 9.28. The second-order valence-corrected chi connectivity index (χ2v) is 9.80. The lowest BCUT2D eigenvalue weighted by Gasteiger charge is -2.42. The van der Waals surface area contributed by atoms with Crippen molar-refractivity contribution in [2.45, 2.75) is 85.2 Å². The average Bonchev–Trinajstić information content (AvgIpc) is 2.85. The minimum atomic E-state index is -1.81. The third-order valence-corrected chi connectivity index (χ3v) is 6.70. The van der Waals surface area contributed by atoms with Crippen molar-refractivity contribution >= 4 is 29.4 Å². The first-order valence-corrected chi connectivity index (χ1v) is 12.5. The Morgan fingerprint density at radius 2 is 1.81 bits per heavy atom. The lowest BCUT2D eigenvalue weighted by Crippen LogP contribution is -2.61. The van der Waals surface area contributed by atoms with Gasteiger partial charge in [0.25, 0.3) is 5.91 Å². The van der Waals surface area contributed by atoms with E-state index in [-0.39, 0.29) is 12.8 Å². The molecule has 2 aliphatic heterocycles. The van der Waals surface area contributed by atoms with E-state index in [0.29, 0.717) is 12.0 Å². The van der Waals surface area contributed by atoms with Gasteiger partial charge in [-0.05, 0) is 33.3 Å². The second kappa shape index (κ2) is 12.8. The molecule has 3 rings (SSSR count). The number of amides is 1. The number of carbonyl (C=O) groups excluding carboxylic acids is 5. The highest BCUT2D eigenvalue weighted by molar-refractivity contribution is 6.35. The summed E-state index contributed by atoms with van der Waals surface area (Å²) >= 11 is 0. The van der Waals surface area contributed by atoms with Crippen LogP contribution in [0.5, 0.6) is 0 Å². The molecule has 6 atom stereocenters. The Balaban J connectivity index is 2.60. The number of hydrogen-bond acceptors (Lipinski definition) is 8. The predicted molar refractivity (Wildman–Crippen MR) is 136 cm³/mol. The first-order chi connectivity index (χ1) is 17.3. The van der Waals surface area contributed by atoms with E-state index >= 15 is 0 Å². The van der Waals surface area contributed by atoms with E-state index in [4.69, 9.17) is 9.47 Å². The van der Waals surface area contributed by atoms with Crippen molar-refractivity contribution in [3.8, 4) is 0 Å². The van der Waals surface area contributed by atoms with Gasteiger partial charge in [0.15, 0.2) is 5.78 Å². The Morgan fingerprint density at radius 1 is 1.16 bits per heavy atom. The van der Waals surface area contributed by atoms with E-state index in [1.54, 1.807) is 45.1 Å². The van der Waals surface area contributed by atoms with Crippen molar-refractivity contribution < 1.29 is 38.6 Å². The third-order valence-electron chi connectivity index (χ3n) is 6.70. The lowest BCUT2D eigenvalue weighted by molar-refractivity contribution is -0.182. The summed E-state index contributed by atoms with van der Waals surface area (Å²) in [4.78, 5) is 63.1. The Labute approximate surface area is 217 Å². The molecular weight excluding hydrogens is 478 g/mol. The standard InChI is InChI=1S/C28H37NO8/c1-7-24(32)36-21-13-10-16(2)8-11-20(31)12-9-17(3)14-23(29-26(34)19(5)30)28(6)25(33)18(4)22(15-21)37-27(28)35/h8-10,12-14,18,20-23,31H,7,11,15H2,1-6H3,(H,29,34)/b12-9+,13-10-,16-8-,17-14-. The molecule has 1 amide bonds. The van der Waals surface area contributed by atoms with Crippen molar-refractivity contribution in [1.29, 1.82) is 0 Å². The second-order valence-electron chi connectivity index (χ2n) is 9.80. The molecule has 0 radical (unpaired) electrons. The van der Waals surface area contributed by atoms with Gasteiger partial charge in [-0.15, -0.1) is 0 Å². The van der Waals surface area contributed by atoms with E-state index < -0.39 is 65.1 Å². The van der Waals surface area contributed by atoms with E-state index in [9.17, 15) is 29.1 Å². The highest BCUT2D eigenvalue weighted by Gasteiger charge is 2.56. The molecule has 9 heteroatoms. The smallest absolute Gasteiger partial charge is 0.322 e. The van der Waals surface area contributed by atoms with Gasteiger partial charge < -0.3 is 19.9 Å². The Bertz CT molecular complexity index is 1050. The van der Waals surface area contributed by atoms with Gasteiger partial charge >= 0.3 is 11.9 Å². The Hall–Kier alpha value is -3.33. The van der Waals surface area contributed by atoms with Gasteiger partial charge in [0.2, 0.25) is 5.78 Å². The summed E-state index contributed by atoms with van der Waals surface area (Å²) in [6, 6.07) is -1.18. The van der Waals surface area contributed by atoms with Crippen LogP contribution in [0.3, 0.4) is 0 Å². The molecule has 202 valence electrons. The SMILES string of the molecule is CCC(=O)OC1/C=C\C(C)=C/CC(O)/C=C/C(C)=C\C(NC(=O)C(C)=O)C2(C)C(=O)OC(C1)C(C)C2=O. The Kier molecular flexibility index (Phi) is 10.3. The van der Waals surface area contributed by atoms with E-state index in [2.05, 4.69) is 5.32 Å². The molecule has 3 aliphatic rings. The van der Waals surface area contributed by atoms with Gasteiger partial charge in [-0.2, -0.15) is 0 Å². The zero-order valence-corrected chi connectivity index (χ0v) is 22.3. The molecule has 2 bridgehead atoms. The molecule has 9 nitrogen and oxygen atoms in total. The van der Waals surface area contributed by atoms with Gasteiger partial charge in [-0.3, -0.25) is 24.0 Å². The van der Waals surface area contributed by atoms with Crippen LogP contribution in [0.15, 0.2) is 47.6 Å². The molecule has 1 fully saturated rings. The average molecular weight is 516 g/mol. The molecule has 0 saturated carbocycles. The van der Waals surface area contributed by atoms with Crippen LogP contribution in [0.4, 0.5) is 0 Å². The maximum Gasteiger partial charge on any atom is 0.322 e. The van der Waals surface area contributed by atoms with Gasteiger partial charge in [-0.1, -0.05) is 55.4 Å². The molecule has 0 aromatic heterocycles. The van der Waals surface area contributed by atoms with E-state index in [1.807, 2.05) is 13.0 Å². The van der Waals surface area contributed by atoms with Crippen LogP contribution in [-0.2, 0) is 33.4 Å². The van der Waals surface area contributed by atoms with Crippen LogP contribution in [0.1, 0.15) is 60.8 Å². The molecule has 37 heavy (non-hydrogen) atoms. The number of Topliss-reactive ketones (excluding diaryl/α,β-unsaturated/α-hetero) is 2. The number of allylic oxidation sites excluding steroid dienone is 4. The molecule has 2 heterocycles. The number of ether oxygens (including phenoxy) is 2. The number of esters is 2. The zero-order chi connectivity index (χ0) is 27.9. The summed E-state index contributed by atoms with van der Waals surface area (Å²) in [7, 11) is 0. The topological polar surface area (TPSA) is 136 Å². The maximum atomic E-state index is 13.7. The normalized spacial score (nSPS) is 35.6. The number of hydrogen-bond donors (Lipinski definition) is 2. The predicted octanol–water partition coefficient (Wildman–Crippen LogP) is 2.68. The van der Waals surface area contributed by atoms with Gasteiger partial charge in [0.1, 0.15) is 17.6 Å². The fourth-order valence-electron chi connectivity index (χ4n) is 4.17. The van der Waals surface area contributed by atoms with Crippen LogP contribution >= 0.6 is 0 Å². The van der Waals surface area contributed by atoms with Crippen LogP contribution in [0, 0.1) is 11.3 Å². The highest BCUT2D eigenvalue weighted by Crippen LogP contribution is 2.38. The van der Waals surface area contributed by atoms with Crippen molar-refractivity contribution in [3.05, 3.63) is 47.6 Å². The molecule has 1 saturated heterocycles. The van der Waals surface area contributed by atoms with Gasteiger partial charge in [0.05, 0.1) is 18.1 Å². The van der Waals surface area contributed by atoms with Crippen molar-refractivity contribution in [2.75, 3.05) is 0 Å². The quantitative estimate of drug-likeness (QED) is 0.331. The van der Waals surface area contributed by atoms with Crippen LogP contribution < -0.4 is 5.32 Å². The molecule has 0 spiro atoms. The monoisotopic (exact) mass is 515 g/mol. The summed E-state index contributed by atoms with van der Waals surface area (Å²) in [6.07, 6.45) is 8.00. The molecular formula is C28H37NO8. The number of nitrogens with one attached hydrogen (secondary N) is 1. The molecule has 0 aromatic carbocycles. The fraction of sp³-hybridized carbons (Fsp3) is 0.536. The van der Waals surface area contributed by atoms with Crippen LogP contribution in [-0.4, -0.2) is 58.9 Å². The summed E-state index contributed by atoms with van der Waals surface area (Å²) < 4.78 is 11.3. The summed E-state index contributed by atoms with van der Waals surface area (Å²) in [5.41, 5.74) is -0.432. The lowest BCUT2D eigenvalue weighted by atomic mass is 9.69. The number of fused-ring (bicyclic) bond motifs is 10. The molecule has 6 unspecified atom stereocenters. The molecule has 1 aliphatic carbocycles. The fourth-order valence-corrected chi connectivity index (χ4v) is 4.17. The van der Waals surface area contributed by atoms with Crippen molar-refractivity contribution in [2.24, 2.45) is 11.3 Å². The number of ketones is 2. The van der Waals surface area contributed by atoms with Crippen LogP contribution in [0.2, 0.25) is 0 Å². The number of aliphatic hydroxyl groups is 1. The first-order valence-electron chi connectivity index (χ1n) is 12.5. The number of aliphatic hydroxyl groups excluding tert-OH is 1. The van der Waals surface area contributed by atoms with Crippen molar-refractivity contribution in [1.82, 2.24) is 5.32 Å². The van der Waals surface area contributed by atoms with Crippen LogP contribution in [0.25, 0.3) is 0 Å². The number of carbonyl (C=O) groups is 5. The maximum absolute atomic E-state index is 13.7. The summed E-state index contributed by atoms with van der Waals surface area (Å²) in [5, 5.41) is 12.9. The summed E-state index contributed by atoms with van der Waals surface area (Å²) in [5.74, 6) is -4.28. The van der Waals surface area contributed by atoms with E-state index in [1.165, 1.54) is 13.0 Å². The van der Waals surface area contributed by atoms with Gasteiger partial charge in [0, 0.05) is 19.8 Å². The zero-order valence-electron chi connectivity index (χ0n) is 22.3. The van der Waals surface area contributed by atoms with E-state index in [0.717, 1.165) is 12.5 Å². The third kappa shape index (κ3) is 7.58. The highest BCUT2D eigenvalue weighted by atomic mass is 16.6. The first kappa shape index (κ1) is 29.9. The minimum Gasteiger partial charge on any atom is -0.461 e. The molecule has 0 aromatic rings. The van der Waals surface area contributed by atoms with Gasteiger partial charge in [-0.25, -0.2) is 0 Å². The van der Waals surface area contributed by atoms with Crippen molar-refractivity contribution in [3.63, 3.8) is 0 Å².